The second kappa shape index (κ2) is 7.35. The highest BCUT2D eigenvalue weighted by molar-refractivity contribution is 5.98. The maximum absolute atomic E-state index is 14.3. The minimum Gasteiger partial charge on any atom is -0.446 e. The minimum absolute atomic E-state index is 0.0750. The maximum Gasteiger partial charge on any atom is 0.416 e. The summed E-state index contributed by atoms with van der Waals surface area (Å²) in [5, 5.41) is 0.611. The predicted molar refractivity (Wildman–Crippen MR) is 104 cm³/mol. The fourth-order valence-electron chi connectivity index (χ4n) is 3.22. The summed E-state index contributed by atoms with van der Waals surface area (Å²) in [6.45, 7) is 0.174. The monoisotopic (exact) mass is 433 g/mol. The molecule has 1 aromatic heterocycles. The third kappa shape index (κ3) is 3.65. The van der Waals surface area contributed by atoms with Crippen LogP contribution in [-0.4, -0.2) is 12.7 Å². The number of benzene rings is 2. The summed E-state index contributed by atoms with van der Waals surface area (Å²) in [7, 11) is 0. The van der Waals surface area contributed by atoms with E-state index in [1.165, 1.54) is 18.4 Å². The summed E-state index contributed by atoms with van der Waals surface area (Å²) >= 11 is 0. The Morgan fingerprint density at radius 1 is 1.13 bits per heavy atom. The van der Waals surface area contributed by atoms with E-state index in [1.807, 2.05) is 0 Å². The third-order valence-electron chi connectivity index (χ3n) is 4.72. The van der Waals surface area contributed by atoms with Crippen molar-refractivity contribution in [2.75, 3.05) is 16.5 Å². The van der Waals surface area contributed by atoms with Gasteiger partial charge < -0.3 is 20.8 Å². The van der Waals surface area contributed by atoms with Gasteiger partial charge in [0.05, 0.1) is 28.4 Å². The highest BCUT2D eigenvalue weighted by Gasteiger charge is 2.32. The van der Waals surface area contributed by atoms with Gasteiger partial charge in [0, 0.05) is 5.69 Å². The van der Waals surface area contributed by atoms with Gasteiger partial charge in [0.25, 0.3) is 0 Å². The summed E-state index contributed by atoms with van der Waals surface area (Å²) in [6.07, 6.45) is -3.26. The molecule has 2 aromatic carbocycles. The van der Waals surface area contributed by atoms with Gasteiger partial charge in [0.15, 0.2) is 0 Å². The molecular formula is C20H15F4N5O2. The number of hydrogen-bond acceptors (Lipinski definition) is 5. The van der Waals surface area contributed by atoms with E-state index in [1.54, 1.807) is 23.1 Å². The van der Waals surface area contributed by atoms with Gasteiger partial charge >= 0.3 is 12.2 Å². The van der Waals surface area contributed by atoms with Crippen molar-refractivity contribution in [1.82, 2.24) is 0 Å². The van der Waals surface area contributed by atoms with E-state index in [-0.39, 0.29) is 12.4 Å². The summed E-state index contributed by atoms with van der Waals surface area (Å²) in [6, 6.07) is 8.22. The van der Waals surface area contributed by atoms with Gasteiger partial charge in [-0.1, -0.05) is 0 Å². The smallest absolute Gasteiger partial charge is 0.416 e. The summed E-state index contributed by atoms with van der Waals surface area (Å²) in [5.74, 6) is -0.641. The molecular weight excluding hydrogens is 418 g/mol. The number of carbonyl (C=O) groups excluding carboxylic acids is 1. The first-order valence-corrected chi connectivity index (χ1v) is 8.88. The summed E-state index contributed by atoms with van der Waals surface area (Å²) < 4.78 is 58.7. The molecule has 7 nitrogen and oxygen atoms in total. The van der Waals surface area contributed by atoms with Crippen LogP contribution in [0.5, 0.6) is 0 Å². The largest absolute Gasteiger partial charge is 0.446 e. The second-order valence-electron chi connectivity index (χ2n) is 6.61. The molecule has 0 saturated heterocycles. The third-order valence-corrected chi connectivity index (χ3v) is 4.72. The van der Waals surface area contributed by atoms with Crippen LogP contribution in [0, 0.1) is 5.82 Å². The zero-order valence-electron chi connectivity index (χ0n) is 15.7. The normalized spacial score (nSPS) is 13.5. The number of carbonyl (C=O) groups is 1. The molecule has 0 unspecified atom stereocenters. The van der Waals surface area contributed by atoms with E-state index in [0.717, 1.165) is 0 Å². The van der Waals surface area contributed by atoms with Crippen molar-refractivity contribution >= 4 is 28.9 Å². The average molecular weight is 433 g/mol. The molecule has 11 heteroatoms. The van der Waals surface area contributed by atoms with Gasteiger partial charge in [-0.25, -0.2) is 14.2 Å². The van der Waals surface area contributed by atoms with E-state index < -0.39 is 29.3 Å². The molecule has 31 heavy (non-hydrogen) atoms. The van der Waals surface area contributed by atoms with Gasteiger partial charge in [-0.2, -0.15) is 13.2 Å². The number of furan rings is 1. The van der Waals surface area contributed by atoms with Crippen LogP contribution in [0.1, 0.15) is 5.56 Å². The number of nitrogens with two attached hydrogens (primary N) is 2. The Morgan fingerprint density at radius 3 is 2.48 bits per heavy atom. The quantitative estimate of drug-likeness (QED) is 0.621. The number of urea groups is 1. The minimum atomic E-state index is -4.72. The zero-order valence-corrected chi connectivity index (χ0v) is 15.7. The molecule has 2 heterocycles. The van der Waals surface area contributed by atoms with Crippen molar-refractivity contribution in [3.8, 4) is 0 Å². The number of rotatable bonds is 3. The molecule has 0 atom stereocenters. The summed E-state index contributed by atoms with van der Waals surface area (Å²) in [5.41, 5.74) is 10.9. The molecule has 2 amide bonds. The highest BCUT2D eigenvalue weighted by Crippen LogP contribution is 2.36. The molecule has 0 bridgehead atoms. The van der Waals surface area contributed by atoms with E-state index in [2.05, 4.69) is 4.99 Å². The number of alkyl halides is 3. The number of hydrogen-bond donors (Lipinski definition) is 2. The van der Waals surface area contributed by atoms with Gasteiger partial charge in [-0.15, -0.1) is 0 Å². The predicted octanol–water partition coefficient (Wildman–Crippen LogP) is 2.78. The molecule has 1 aliphatic rings. The molecule has 0 aliphatic carbocycles. The number of fused-ring (bicyclic) bond motifs is 1. The molecule has 0 fully saturated rings. The Bertz CT molecular complexity index is 1270. The van der Waals surface area contributed by atoms with Crippen LogP contribution in [0.4, 0.5) is 39.4 Å². The Labute approximate surface area is 172 Å². The lowest BCUT2D eigenvalue weighted by Gasteiger charge is -2.26. The topological polar surface area (TPSA) is 101 Å². The van der Waals surface area contributed by atoms with Crippen molar-refractivity contribution < 1.29 is 26.8 Å². The molecule has 0 spiro atoms. The Balaban J connectivity index is 1.71. The van der Waals surface area contributed by atoms with E-state index in [4.69, 9.17) is 15.9 Å². The fourth-order valence-corrected chi connectivity index (χ4v) is 3.22. The van der Waals surface area contributed by atoms with Crippen LogP contribution in [0.25, 0.3) is 5.82 Å². The lowest BCUT2D eigenvalue weighted by Crippen LogP contribution is -2.42. The van der Waals surface area contributed by atoms with Crippen LogP contribution < -0.4 is 32.0 Å². The standard InChI is InChI=1S/C20H15F4N5O2/c21-15-6-1-11(20(22,23)24)9-16(15)29(19(26)30)13-4-2-12(3-5-13)28-10-27-18-14(17(28)25)7-8-31-18/h1-9H,10,25H2,(H2,26,30). The van der Waals surface area contributed by atoms with Crippen LogP contribution in [0.2, 0.25) is 0 Å². The van der Waals surface area contributed by atoms with Crippen molar-refractivity contribution in [2.45, 2.75) is 6.18 Å². The second-order valence-corrected chi connectivity index (χ2v) is 6.61. The van der Waals surface area contributed by atoms with Gasteiger partial charge in [0.1, 0.15) is 18.3 Å². The lowest BCUT2D eigenvalue weighted by molar-refractivity contribution is -0.137. The molecule has 0 radical (unpaired) electrons. The number of amides is 2. The first-order valence-electron chi connectivity index (χ1n) is 8.88. The molecule has 0 saturated carbocycles. The fraction of sp³-hybridized carbons (Fsp3) is 0.100. The molecule has 3 aromatic rings. The molecule has 4 rings (SSSR count). The van der Waals surface area contributed by atoms with E-state index in [0.29, 0.717) is 45.4 Å². The molecule has 160 valence electrons. The van der Waals surface area contributed by atoms with Gasteiger partial charge in [-0.3, -0.25) is 4.90 Å². The van der Waals surface area contributed by atoms with Gasteiger partial charge in [-0.05, 0) is 48.5 Å². The number of primary amides is 1. The Hall–Kier alpha value is -4.02. The van der Waals surface area contributed by atoms with Crippen LogP contribution in [0.15, 0.2) is 64.2 Å². The number of anilines is 3. The van der Waals surface area contributed by atoms with Crippen molar-refractivity contribution in [3.63, 3.8) is 0 Å². The Morgan fingerprint density at radius 2 is 1.84 bits per heavy atom. The van der Waals surface area contributed by atoms with Crippen molar-refractivity contribution in [2.24, 2.45) is 16.5 Å². The van der Waals surface area contributed by atoms with Crippen molar-refractivity contribution in [3.05, 3.63) is 76.9 Å². The lowest BCUT2D eigenvalue weighted by atomic mass is 10.1. The van der Waals surface area contributed by atoms with Crippen LogP contribution >= 0.6 is 0 Å². The first kappa shape index (κ1) is 20.3. The number of halogens is 4. The number of nitrogens with zero attached hydrogens (tertiary/aromatic N) is 3. The van der Waals surface area contributed by atoms with Gasteiger partial charge in [0.2, 0.25) is 5.55 Å². The summed E-state index contributed by atoms with van der Waals surface area (Å²) in [4.78, 5) is 18.6. The highest BCUT2D eigenvalue weighted by atomic mass is 19.4. The van der Waals surface area contributed by atoms with Crippen LogP contribution in [-0.2, 0) is 6.18 Å². The van der Waals surface area contributed by atoms with E-state index >= 15 is 0 Å². The van der Waals surface area contributed by atoms with Crippen molar-refractivity contribution in [1.29, 1.82) is 0 Å². The molecule has 4 N–H and O–H groups in total. The average Bonchev–Trinajstić information content (AvgIpc) is 3.19. The first-order chi connectivity index (χ1) is 14.7. The maximum atomic E-state index is 14.3. The Kier molecular flexibility index (Phi) is 4.80. The van der Waals surface area contributed by atoms with E-state index in [9.17, 15) is 22.4 Å². The molecule has 1 aliphatic heterocycles. The zero-order chi connectivity index (χ0) is 22.3. The van der Waals surface area contributed by atoms with Crippen LogP contribution in [0.3, 0.4) is 0 Å². The SMILES string of the molecule is NC(=O)N(c1ccc(N2CN=c3occc3=C2N)cc1)c1cc(C(F)(F)F)ccc1F.